The Labute approximate surface area is 196 Å². The van der Waals surface area contributed by atoms with Gasteiger partial charge in [-0.3, -0.25) is 9.78 Å². The molecule has 1 aromatic carbocycles. The monoisotopic (exact) mass is 450 g/mol. The fraction of sp³-hybridized carbons (Fsp3) is 0.407. The Morgan fingerprint density at radius 2 is 1.94 bits per heavy atom. The molecule has 0 unspecified atom stereocenters. The van der Waals surface area contributed by atoms with Crippen molar-refractivity contribution in [1.29, 1.82) is 0 Å². The van der Waals surface area contributed by atoms with Crippen LogP contribution >= 0.6 is 0 Å². The van der Waals surface area contributed by atoms with Crippen LogP contribution in [0.4, 0.5) is 0 Å². The lowest BCUT2D eigenvalue weighted by Crippen LogP contribution is -2.25. The largest absolute Gasteiger partial charge is 0.491 e. The number of pyridine rings is 1. The number of rotatable bonds is 10. The van der Waals surface area contributed by atoms with Gasteiger partial charge in [0, 0.05) is 43.3 Å². The van der Waals surface area contributed by atoms with Crippen LogP contribution < -0.4 is 10.1 Å². The van der Waals surface area contributed by atoms with Gasteiger partial charge in [-0.1, -0.05) is 24.3 Å². The third kappa shape index (κ3) is 7.27. The predicted octanol–water partition coefficient (Wildman–Crippen LogP) is 4.73. The minimum Gasteiger partial charge on any atom is -0.491 e. The molecule has 1 aromatic heterocycles. The van der Waals surface area contributed by atoms with Crippen molar-refractivity contribution in [3.8, 4) is 16.9 Å². The zero-order valence-corrected chi connectivity index (χ0v) is 19.8. The average molecular weight is 451 g/mol. The number of nitrogens with one attached hydrogen (secondary N) is 1. The molecule has 176 valence electrons. The molecule has 0 spiro atoms. The van der Waals surface area contributed by atoms with Crippen LogP contribution in [0.1, 0.15) is 37.8 Å². The van der Waals surface area contributed by atoms with E-state index in [1.54, 1.807) is 6.08 Å². The first kappa shape index (κ1) is 24.7. The zero-order valence-electron chi connectivity index (χ0n) is 19.8. The fourth-order valence-corrected chi connectivity index (χ4v) is 3.69. The van der Waals surface area contributed by atoms with Crippen molar-refractivity contribution in [3.63, 3.8) is 0 Å². The number of nitrogens with zero attached hydrogens (tertiary/aromatic N) is 1. The maximum atomic E-state index is 12.1. The molecule has 0 bridgehead atoms. The SMILES string of the molecule is CC=C(/C=C\c1cncc(-c2ccc(OCCOC3CCOCC3)cc2)c1C)C(=O)NCC. The highest BCUT2D eigenvalue weighted by atomic mass is 16.5. The first-order valence-corrected chi connectivity index (χ1v) is 11.6. The lowest BCUT2D eigenvalue weighted by atomic mass is 9.98. The van der Waals surface area contributed by atoms with Crippen molar-refractivity contribution in [3.05, 3.63) is 65.5 Å². The van der Waals surface area contributed by atoms with Crippen LogP contribution in [0.15, 0.2) is 54.4 Å². The summed E-state index contributed by atoms with van der Waals surface area (Å²) in [5.74, 6) is 0.738. The third-order valence-electron chi connectivity index (χ3n) is 5.65. The summed E-state index contributed by atoms with van der Waals surface area (Å²) in [7, 11) is 0. The fourth-order valence-electron chi connectivity index (χ4n) is 3.69. The van der Waals surface area contributed by atoms with Crippen molar-refractivity contribution in [1.82, 2.24) is 10.3 Å². The van der Waals surface area contributed by atoms with E-state index in [0.29, 0.717) is 25.3 Å². The van der Waals surface area contributed by atoms with Crippen LogP contribution in [-0.4, -0.2) is 50.0 Å². The van der Waals surface area contributed by atoms with Crippen LogP contribution in [0.25, 0.3) is 17.2 Å². The standard InChI is InChI=1S/C27H34N2O4/c1-4-21(27(30)29-5-2)6-7-23-18-28-19-26(20(23)3)22-8-10-24(11-9-22)32-16-17-33-25-12-14-31-15-13-25/h4,6-11,18-19,25H,5,12-17H2,1-3H3,(H,29,30)/b7-6-,21-4?. The molecular weight excluding hydrogens is 416 g/mol. The first-order valence-electron chi connectivity index (χ1n) is 11.6. The molecule has 0 saturated carbocycles. The Hall–Kier alpha value is -2.96. The molecule has 1 aliphatic rings. The van der Waals surface area contributed by atoms with E-state index >= 15 is 0 Å². The quantitative estimate of drug-likeness (QED) is 0.322. The number of carbonyl (C=O) groups is 1. The lowest BCUT2D eigenvalue weighted by Gasteiger charge is -2.22. The molecule has 6 heteroatoms. The Morgan fingerprint density at radius 3 is 2.64 bits per heavy atom. The molecule has 2 aromatic rings. The zero-order chi connectivity index (χ0) is 23.5. The molecule has 33 heavy (non-hydrogen) atoms. The molecule has 0 atom stereocenters. The number of hydrogen-bond acceptors (Lipinski definition) is 5. The van der Waals surface area contributed by atoms with E-state index in [9.17, 15) is 4.79 Å². The molecule has 1 N–H and O–H groups in total. The number of benzene rings is 1. The Balaban J connectivity index is 1.60. The smallest absolute Gasteiger partial charge is 0.250 e. The van der Waals surface area contributed by atoms with Gasteiger partial charge in [-0.15, -0.1) is 0 Å². The highest BCUT2D eigenvalue weighted by Crippen LogP contribution is 2.27. The van der Waals surface area contributed by atoms with Gasteiger partial charge in [0.25, 0.3) is 5.91 Å². The number of amides is 1. The highest BCUT2D eigenvalue weighted by molar-refractivity contribution is 5.97. The summed E-state index contributed by atoms with van der Waals surface area (Å²) in [5.41, 5.74) is 4.82. The minimum absolute atomic E-state index is 0.0771. The van der Waals surface area contributed by atoms with Crippen LogP contribution in [-0.2, 0) is 14.3 Å². The second-order valence-corrected chi connectivity index (χ2v) is 7.89. The van der Waals surface area contributed by atoms with Gasteiger partial charge in [0.2, 0.25) is 0 Å². The van der Waals surface area contributed by atoms with Crippen LogP contribution in [0.2, 0.25) is 0 Å². The molecule has 1 fully saturated rings. The predicted molar refractivity (Wildman–Crippen MR) is 131 cm³/mol. The van der Waals surface area contributed by atoms with Gasteiger partial charge in [-0.2, -0.15) is 0 Å². The number of hydrogen-bond donors (Lipinski definition) is 1. The molecule has 6 nitrogen and oxygen atoms in total. The van der Waals surface area contributed by atoms with Crippen molar-refractivity contribution >= 4 is 12.0 Å². The number of aromatic nitrogens is 1. The molecular formula is C27H34N2O4. The van der Waals surface area contributed by atoms with Crippen LogP contribution in [0.3, 0.4) is 0 Å². The van der Waals surface area contributed by atoms with Gasteiger partial charge in [-0.25, -0.2) is 0 Å². The summed E-state index contributed by atoms with van der Waals surface area (Å²) in [5, 5.41) is 2.83. The average Bonchev–Trinajstić information content (AvgIpc) is 2.84. The van der Waals surface area contributed by atoms with Crippen LogP contribution in [0, 0.1) is 6.92 Å². The van der Waals surface area contributed by atoms with Crippen molar-refractivity contribution in [2.24, 2.45) is 0 Å². The lowest BCUT2D eigenvalue weighted by molar-refractivity contribution is -0.117. The first-order chi connectivity index (χ1) is 16.1. The second kappa shape index (κ2) is 12.9. The topological polar surface area (TPSA) is 69.7 Å². The van der Waals surface area contributed by atoms with E-state index in [4.69, 9.17) is 14.2 Å². The number of likely N-dealkylation sites (N-methyl/N-ethyl adjacent to an activating group) is 1. The summed E-state index contributed by atoms with van der Waals surface area (Å²) < 4.78 is 17.0. The Kier molecular flexibility index (Phi) is 9.66. The van der Waals surface area contributed by atoms with Gasteiger partial charge >= 0.3 is 0 Å². The van der Waals surface area contributed by atoms with Crippen molar-refractivity contribution in [2.75, 3.05) is 33.0 Å². The van der Waals surface area contributed by atoms with Gasteiger partial charge in [0.15, 0.2) is 0 Å². The molecule has 1 aliphatic heterocycles. The number of allylic oxidation sites excluding steroid dienone is 1. The summed E-state index contributed by atoms with van der Waals surface area (Å²) >= 11 is 0. The van der Waals surface area contributed by atoms with E-state index in [1.165, 1.54) is 0 Å². The minimum atomic E-state index is -0.0771. The number of carbonyl (C=O) groups excluding carboxylic acids is 1. The maximum Gasteiger partial charge on any atom is 0.250 e. The van der Waals surface area contributed by atoms with Gasteiger partial charge < -0.3 is 19.5 Å². The Bertz CT molecular complexity index is 961. The van der Waals surface area contributed by atoms with E-state index in [-0.39, 0.29) is 12.0 Å². The number of ether oxygens (including phenoxy) is 3. The Morgan fingerprint density at radius 1 is 1.18 bits per heavy atom. The normalized spacial score (nSPS) is 15.1. The van der Waals surface area contributed by atoms with E-state index in [0.717, 1.165) is 54.1 Å². The molecule has 1 amide bonds. The van der Waals surface area contributed by atoms with E-state index < -0.39 is 0 Å². The van der Waals surface area contributed by atoms with Crippen LogP contribution in [0.5, 0.6) is 5.75 Å². The summed E-state index contributed by atoms with van der Waals surface area (Å²) in [6.07, 6.45) is 11.5. The maximum absolute atomic E-state index is 12.1. The molecule has 3 rings (SSSR count). The molecule has 2 heterocycles. The van der Waals surface area contributed by atoms with Crippen molar-refractivity contribution in [2.45, 2.75) is 39.7 Å². The molecule has 0 aliphatic carbocycles. The molecule has 0 radical (unpaired) electrons. The summed E-state index contributed by atoms with van der Waals surface area (Å²) in [4.78, 5) is 16.5. The summed E-state index contributed by atoms with van der Waals surface area (Å²) in [6.45, 7) is 9.09. The van der Waals surface area contributed by atoms with E-state index in [1.807, 2.05) is 62.7 Å². The van der Waals surface area contributed by atoms with Gasteiger partial charge in [0.05, 0.1) is 12.7 Å². The third-order valence-corrected chi connectivity index (χ3v) is 5.65. The van der Waals surface area contributed by atoms with Gasteiger partial charge in [-0.05, 0) is 68.5 Å². The van der Waals surface area contributed by atoms with Crippen molar-refractivity contribution < 1.29 is 19.0 Å². The second-order valence-electron chi connectivity index (χ2n) is 7.89. The van der Waals surface area contributed by atoms with Gasteiger partial charge in [0.1, 0.15) is 12.4 Å². The molecule has 1 saturated heterocycles. The summed E-state index contributed by atoms with van der Waals surface area (Å²) in [6, 6.07) is 8.02. The highest BCUT2D eigenvalue weighted by Gasteiger charge is 2.13. The van der Waals surface area contributed by atoms with E-state index in [2.05, 4.69) is 17.2 Å².